The highest BCUT2D eigenvalue weighted by Gasteiger charge is 2.17. The van der Waals surface area contributed by atoms with E-state index in [0.717, 1.165) is 5.69 Å². The van der Waals surface area contributed by atoms with Gasteiger partial charge in [0, 0.05) is 19.3 Å². The monoisotopic (exact) mass is 395 g/mol. The molecule has 0 radical (unpaired) electrons. The van der Waals surface area contributed by atoms with E-state index in [4.69, 9.17) is 9.47 Å². The number of hydrogen-bond acceptors (Lipinski definition) is 7. The standard InChI is InChI=1S/C20H21N5O4/c1-13-11-17(25(2)24-13)23-18(26)12-29-20(27)14-7-6-10-21-19(14)22-15-8-4-5-9-16(15)28-3/h4-11H,12H2,1-3H3,(H,21,22)(H,23,26). The normalized spacial score (nSPS) is 10.3. The molecule has 2 heterocycles. The van der Waals surface area contributed by atoms with Crippen LogP contribution in [0.3, 0.4) is 0 Å². The van der Waals surface area contributed by atoms with E-state index in [1.165, 1.54) is 4.68 Å². The third-order valence-corrected chi connectivity index (χ3v) is 3.99. The number of aryl methyl sites for hydroxylation is 2. The number of rotatable bonds is 7. The molecule has 2 N–H and O–H groups in total. The van der Waals surface area contributed by atoms with Gasteiger partial charge in [0.05, 0.1) is 18.5 Å². The number of para-hydroxylation sites is 2. The highest BCUT2D eigenvalue weighted by molar-refractivity contribution is 5.98. The maximum Gasteiger partial charge on any atom is 0.342 e. The van der Waals surface area contributed by atoms with Gasteiger partial charge in [-0.1, -0.05) is 12.1 Å². The maximum atomic E-state index is 12.5. The fourth-order valence-electron chi connectivity index (χ4n) is 2.66. The number of nitrogens with zero attached hydrogens (tertiary/aromatic N) is 3. The van der Waals surface area contributed by atoms with Crippen LogP contribution in [0.25, 0.3) is 0 Å². The van der Waals surface area contributed by atoms with Crippen LogP contribution in [0.5, 0.6) is 5.75 Å². The molecule has 0 bridgehead atoms. The summed E-state index contributed by atoms with van der Waals surface area (Å²) < 4.78 is 12.0. The average molecular weight is 395 g/mol. The fraction of sp³-hybridized carbons (Fsp3) is 0.200. The van der Waals surface area contributed by atoms with Crippen LogP contribution in [0, 0.1) is 6.92 Å². The lowest BCUT2D eigenvalue weighted by molar-refractivity contribution is -0.119. The molecule has 0 aliphatic heterocycles. The van der Waals surface area contributed by atoms with Crippen molar-refractivity contribution in [3.05, 3.63) is 59.9 Å². The predicted molar refractivity (Wildman–Crippen MR) is 107 cm³/mol. The van der Waals surface area contributed by atoms with Gasteiger partial charge in [0.1, 0.15) is 22.9 Å². The molecule has 0 saturated carbocycles. The predicted octanol–water partition coefficient (Wildman–Crippen LogP) is 2.67. The summed E-state index contributed by atoms with van der Waals surface area (Å²) in [6.45, 7) is 1.38. The first-order valence-electron chi connectivity index (χ1n) is 8.80. The van der Waals surface area contributed by atoms with Gasteiger partial charge < -0.3 is 20.1 Å². The SMILES string of the molecule is COc1ccccc1Nc1ncccc1C(=O)OCC(=O)Nc1cc(C)nn1C. The molecule has 3 rings (SSSR count). The minimum Gasteiger partial charge on any atom is -0.495 e. The van der Waals surface area contributed by atoms with Crippen LogP contribution < -0.4 is 15.4 Å². The number of aromatic nitrogens is 3. The Balaban J connectivity index is 1.67. The zero-order valence-corrected chi connectivity index (χ0v) is 16.3. The number of ether oxygens (including phenoxy) is 2. The topological polar surface area (TPSA) is 107 Å². The van der Waals surface area contributed by atoms with E-state index in [0.29, 0.717) is 23.1 Å². The fourth-order valence-corrected chi connectivity index (χ4v) is 2.66. The van der Waals surface area contributed by atoms with Crippen LogP contribution in [0.15, 0.2) is 48.7 Å². The van der Waals surface area contributed by atoms with E-state index in [1.54, 1.807) is 50.7 Å². The number of pyridine rings is 1. The highest BCUT2D eigenvalue weighted by Crippen LogP contribution is 2.27. The highest BCUT2D eigenvalue weighted by atomic mass is 16.5. The molecule has 0 spiro atoms. The Kier molecular flexibility index (Phi) is 6.08. The number of anilines is 3. The molecule has 2 aromatic heterocycles. The summed E-state index contributed by atoms with van der Waals surface area (Å²) in [4.78, 5) is 28.8. The molecule has 0 saturated heterocycles. The molecule has 3 aromatic rings. The second-order valence-electron chi connectivity index (χ2n) is 6.14. The van der Waals surface area contributed by atoms with Gasteiger partial charge in [-0.25, -0.2) is 9.78 Å². The van der Waals surface area contributed by atoms with Crippen LogP contribution in [0.1, 0.15) is 16.1 Å². The summed E-state index contributed by atoms with van der Waals surface area (Å²) in [7, 11) is 3.26. The van der Waals surface area contributed by atoms with Gasteiger partial charge in [0.2, 0.25) is 0 Å². The molecule has 0 atom stereocenters. The van der Waals surface area contributed by atoms with Crippen molar-refractivity contribution in [2.75, 3.05) is 24.4 Å². The number of methoxy groups -OCH3 is 1. The molecular weight excluding hydrogens is 374 g/mol. The van der Waals surface area contributed by atoms with Gasteiger partial charge in [0.15, 0.2) is 6.61 Å². The van der Waals surface area contributed by atoms with Crippen molar-refractivity contribution < 1.29 is 19.1 Å². The summed E-state index contributed by atoms with van der Waals surface area (Å²) >= 11 is 0. The number of hydrogen-bond donors (Lipinski definition) is 2. The van der Waals surface area contributed by atoms with E-state index >= 15 is 0 Å². The Bertz CT molecular complexity index is 1030. The quantitative estimate of drug-likeness (QED) is 0.592. The number of benzene rings is 1. The van der Waals surface area contributed by atoms with Crippen molar-refractivity contribution in [2.45, 2.75) is 6.92 Å². The number of nitrogens with one attached hydrogen (secondary N) is 2. The van der Waals surface area contributed by atoms with E-state index in [9.17, 15) is 9.59 Å². The van der Waals surface area contributed by atoms with Gasteiger partial charge in [-0.3, -0.25) is 9.48 Å². The Morgan fingerprint density at radius 2 is 1.97 bits per heavy atom. The molecule has 0 unspecified atom stereocenters. The zero-order chi connectivity index (χ0) is 20.8. The Morgan fingerprint density at radius 3 is 2.69 bits per heavy atom. The van der Waals surface area contributed by atoms with Crippen molar-refractivity contribution in [3.63, 3.8) is 0 Å². The van der Waals surface area contributed by atoms with E-state index < -0.39 is 18.5 Å². The Hall–Kier alpha value is -3.88. The zero-order valence-electron chi connectivity index (χ0n) is 16.3. The summed E-state index contributed by atoms with van der Waals surface area (Å²) in [5.41, 5.74) is 1.61. The first-order valence-corrected chi connectivity index (χ1v) is 8.80. The minimum atomic E-state index is -0.674. The van der Waals surface area contributed by atoms with Gasteiger partial charge in [0.25, 0.3) is 5.91 Å². The number of amides is 1. The molecule has 9 heteroatoms. The summed E-state index contributed by atoms with van der Waals surface area (Å²) in [5, 5.41) is 9.85. The van der Waals surface area contributed by atoms with Crippen LogP contribution in [-0.2, 0) is 16.6 Å². The van der Waals surface area contributed by atoms with Crippen LogP contribution >= 0.6 is 0 Å². The van der Waals surface area contributed by atoms with Crippen molar-refractivity contribution in [1.29, 1.82) is 0 Å². The Labute approximate surface area is 167 Å². The molecule has 1 amide bonds. The molecule has 150 valence electrons. The van der Waals surface area contributed by atoms with Crippen molar-refractivity contribution in [1.82, 2.24) is 14.8 Å². The van der Waals surface area contributed by atoms with Crippen LogP contribution in [-0.4, -0.2) is 40.4 Å². The second-order valence-corrected chi connectivity index (χ2v) is 6.14. The number of carbonyl (C=O) groups is 2. The van der Waals surface area contributed by atoms with Gasteiger partial charge in [-0.2, -0.15) is 5.10 Å². The molecule has 1 aromatic carbocycles. The third kappa shape index (κ3) is 4.89. The molecule has 0 aliphatic carbocycles. The third-order valence-electron chi connectivity index (χ3n) is 3.99. The summed E-state index contributed by atoms with van der Waals surface area (Å²) in [6.07, 6.45) is 1.55. The van der Waals surface area contributed by atoms with Gasteiger partial charge >= 0.3 is 5.97 Å². The largest absolute Gasteiger partial charge is 0.495 e. The summed E-state index contributed by atoms with van der Waals surface area (Å²) in [6, 6.07) is 12.1. The maximum absolute atomic E-state index is 12.5. The lowest BCUT2D eigenvalue weighted by Crippen LogP contribution is -2.22. The van der Waals surface area contributed by atoms with E-state index in [2.05, 4.69) is 20.7 Å². The van der Waals surface area contributed by atoms with Crippen LogP contribution in [0.4, 0.5) is 17.3 Å². The van der Waals surface area contributed by atoms with Gasteiger partial charge in [-0.05, 0) is 31.2 Å². The second kappa shape index (κ2) is 8.87. The smallest absolute Gasteiger partial charge is 0.342 e. The molecule has 29 heavy (non-hydrogen) atoms. The van der Waals surface area contributed by atoms with Crippen molar-refractivity contribution >= 4 is 29.2 Å². The average Bonchev–Trinajstić information content (AvgIpc) is 3.03. The van der Waals surface area contributed by atoms with Crippen LogP contribution in [0.2, 0.25) is 0 Å². The summed E-state index contributed by atoms with van der Waals surface area (Å²) in [5.74, 6) is 0.271. The first kappa shape index (κ1) is 19.9. The number of carbonyl (C=O) groups excluding carboxylic acids is 2. The Morgan fingerprint density at radius 1 is 1.17 bits per heavy atom. The number of esters is 1. The first-order chi connectivity index (χ1) is 14.0. The van der Waals surface area contributed by atoms with Gasteiger partial charge in [-0.15, -0.1) is 0 Å². The minimum absolute atomic E-state index is 0.197. The lowest BCUT2D eigenvalue weighted by Gasteiger charge is -2.13. The molecule has 0 fully saturated rings. The van der Waals surface area contributed by atoms with E-state index in [-0.39, 0.29) is 5.56 Å². The van der Waals surface area contributed by atoms with E-state index in [1.807, 2.05) is 19.1 Å². The molecule has 0 aliphatic rings. The molecular formula is C20H21N5O4. The van der Waals surface area contributed by atoms with Crippen molar-refractivity contribution in [3.8, 4) is 5.75 Å². The van der Waals surface area contributed by atoms with Crippen molar-refractivity contribution in [2.24, 2.45) is 7.05 Å². The lowest BCUT2D eigenvalue weighted by atomic mass is 10.2. The molecule has 9 nitrogen and oxygen atoms in total.